The zero-order valence-electron chi connectivity index (χ0n) is 16.8. The summed E-state index contributed by atoms with van der Waals surface area (Å²) >= 11 is 0. The minimum atomic E-state index is -5.99. The average Bonchev–Trinajstić information content (AvgIpc) is 3.08. The van der Waals surface area contributed by atoms with Crippen molar-refractivity contribution in [2.75, 3.05) is 7.11 Å². The van der Waals surface area contributed by atoms with Crippen LogP contribution in [0.4, 0.5) is 17.6 Å². The highest BCUT2D eigenvalue weighted by Gasteiger charge is 2.49. The monoisotopic (exact) mass is 480 g/mol. The highest BCUT2D eigenvalue weighted by Crippen LogP contribution is 2.40. The Hall–Kier alpha value is -3.92. The molecular weight excluding hydrogens is 468 g/mol. The fourth-order valence-corrected chi connectivity index (χ4v) is 3.75. The number of ether oxygens (including phenoxy) is 1. The van der Waals surface area contributed by atoms with Crippen LogP contribution in [0.3, 0.4) is 0 Å². The van der Waals surface area contributed by atoms with Crippen LogP contribution in [0.5, 0.6) is 11.5 Å². The third-order valence-corrected chi connectivity index (χ3v) is 5.77. The van der Waals surface area contributed by atoms with E-state index in [0.717, 1.165) is 19.2 Å². The smallest absolute Gasteiger partial charge is 0.493 e. The van der Waals surface area contributed by atoms with Crippen molar-refractivity contribution in [2.24, 2.45) is 7.05 Å². The molecule has 0 aliphatic carbocycles. The Morgan fingerprint density at radius 1 is 1.15 bits per heavy atom. The molecule has 0 aliphatic heterocycles. The number of aryl methyl sites for hydroxylation is 1. The van der Waals surface area contributed by atoms with E-state index in [1.54, 1.807) is 7.05 Å². The summed E-state index contributed by atoms with van der Waals surface area (Å²) in [7, 11) is -3.32. The number of alkyl halides is 3. The fourth-order valence-electron chi connectivity index (χ4n) is 3.29. The third kappa shape index (κ3) is 3.68. The fraction of sp³-hybridized carbons (Fsp3) is 0.150. The molecule has 0 radical (unpaired) electrons. The Morgan fingerprint density at radius 2 is 1.88 bits per heavy atom. The molecule has 170 valence electrons. The number of rotatable bonds is 4. The molecule has 0 unspecified atom stereocenters. The van der Waals surface area contributed by atoms with Gasteiger partial charge in [0.1, 0.15) is 11.5 Å². The van der Waals surface area contributed by atoms with Crippen LogP contribution in [0, 0.1) is 17.1 Å². The van der Waals surface area contributed by atoms with E-state index in [1.807, 2.05) is 6.07 Å². The van der Waals surface area contributed by atoms with Crippen LogP contribution in [0.2, 0.25) is 0 Å². The molecule has 13 heteroatoms. The molecule has 2 aromatic heterocycles. The first-order valence-electron chi connectivity index (χ1n) is 9.01. The molecule has 0 saturated heterocycles. The number of hydrogen-bond donors (Lipinski definition) is 0. The van der Waals surface area contributed by atoms with E-state index in [9.17, 15) is 26.0 Å². The number of nitriles is 1. The minimum absolute atomic E-state index is 0.0216. The van der Waals surface area contributed by atoms with Gasteiger partial charge in [0, 0.05) is 29.4 Å². The molecule has 0 saturated carbocycles. The minimum Gasteiger partial charge on any atom is -0.493 e. The highest BCUT2D eigenvalue weighted by atomic mass is 32.2. The molecule has 4 aromatic rings. The lowest BCUT2D eigenvalue weighted by Crippen LogP contribution is -2.28. The van der Waals surface area contributed by atoms with Crippen molar-refractivity contribution in [3.63, 3.8) is 0 Å². The first-order valence-corrected chi connectivity index (χ1v) is 10.4. The van der Waals surface area contributed by atoms with Crippen molar-refractivity contribution in [1.82, 2.24) is 14.8 Å². The highest BCUT2D eigenvalue weighted by molar-refractivity contribution is 7.88. The second-order valence-electron chi connectivity index (χ2n) is 6.80. The summed E-state index contributed by atoms with van der Waals surface area (Å²) in [4.78, 5) is 4.22. The SMILES string of the molecule is COc1cc2ncc3c(c(-c4ccc(C#N)cc4F)nn3C)c2cc1OS(=O)(=O)C(F)(F)F. The molecule has 0 N–H and O–H groups in total. The topological polar surface area (TPSA) is 107 Å². The van der Waals surface area contributed by atoms with Crippen LogP contribution in [0.15, 0.2) is 36.5 Å². The summed E-state index contributed by atoms with van der Waals surface area (Å²) in [6, 6.07) is 7.78. The molecule has 0 fully saturated rings. The van der Waals surface area contributed by atoms with Gasteiger partial charge in [-0.05, 0) is 24.3 Å². The number of pyridine rings is 1. The van der Waals surface area contributed by atoms with Gasteiger partial charge in [-0.3, -0.25) is 9.67 Å². The van der Waals surface area contributed by atoms with Crippen molar-refractivity contribution in [3.05, 3.63) is 47.9 Å². The predicted octanol–water partition coefficient (Wildman–Crippen LogP) is 4.04. The van der Waals surface area contributed by atoms with Crippen LogP contribution in [-0.4, -0.2) is 35.8 Å². The van der Waals surface area contributed by atoms with E-state index in [1.165, 1.54) is 29.1 Å². The summed E-state index contributed by atoms with van der Waals surface area (Å²) in [5.74, 6) is -1.78. The molecule has 0 spiro atoms. The number of aromatic nitrogens is 3. The van der Waals surface area contributed by atoms with Gasteiger partial charge in [0.25, 0.3) is 0 Å². The largest absolute Gasteiger partial charge is 0.534 e. The Balaban J connectivity index is 2.04. The zero-order valence-corrected chi connectivity index (χ0v) is 17.6. The van der Waals surface area contributed by atoms with E-state index >= 15 is 0 Å². The summed E-state index contributed by atoms with van der Waals surface area (Å²) in [6.07, 6.45) is 1.42. The number of nitrogens with zero attached hydrogens (tertiary/aromatic N) is 4. The van der Waals surface area contributed by atoms with Gasteiger partial charge in [0.05, 0.1) is 36.0 Å². The second kappa shape index (κ2) is 7.59. The van der Waals surface area contributed by atoms with Crippen molar-refractivity contribution < 1.29 is 34.9 Å². The normalized spacial score (nSPS) is 12.2. The number of halogens is 4. The van der Waals surface area contributed by atoms with Crippen molar-refractivity contribution in [3.8, 4) is 28.8 Å². The molecule has 2 heterocycles. The Labute approximate surface area is 183 Å². The lowest BCUT2D eigenvalue weighted by atomic mass is 10.0. The number of fused-ring (bicyclic) bond motifs is 3. The number of benzene rings is 2. The van der Waals surface area contributed by atoms with Gasteiger partial charge in [-0.25, -0.2) is 4.39 Å². The molecular formula is C20H12F4N4O4S. The van der Waals surface area contributed by atoms with Gasteiger partial charge in [-0.15, -0.1) is 0 Å². The predicted molar refractivity (Wildman–Crippen MR) is 108 cm³/mol. The van der Waals surface area contributed by atoms with Crippen LogP contribution >= 0.6 is 0 Å². The third-order valence-electron chi connectivity index (χ3n) is 4.81. The lowest BCUT2D eigenvalue weighted by molar-refractivity contribution is -0.0500. The van der Waals surface area contributed by atoms with Gasteiger partial charge in [0.2, 0.25) is 0 Å². The van der Waals surface area contributed by atoms with E-state index in [-0.39, 0.29) is 38.9 Å². The summed E-state index contributed by atoms with van der Waals surface area (Å²) in [6.45, 7) is 0. The first kappa shape index (κ1) is 22.3. The molecule has 0 bridgehead atoms. The average molecular weight is 480 g/mol. The van der Waals surface area contributed by atoms with Gasteiger partial charge in [0.15, 0.2) is 11.5 Å². The zero-order chi connectivity index (χ0) is 24.1. The second-order valence-corrected chi connectivity index (χ2v) is 8.34. The maximum atomic E-state index is 14.7. The summed E-state index contributed by atoms with van der Waals surface area (Å²) in [5, 5.41) is 13.7. The van der Waals surface area contributed by atoms with Gasteiger partial charge in [-0.1, -0.05) is 0 Å². The van der Waals surface area contributed by atoms with E-state index in [4.69, 9.17) is 10.00 Å². The quantitative estimate of drug-likeness (QED) is 0.247. The van der Waals surface area contributed by atoms with Crippen LogP contribution in [0.25, 0.3) is 33.1 Å². The molecule has 4 rings (SSSR count). The first-order chi connectivity index (χ1) is 15.5. The van der Waals surface area contributed by atoms with Crippen molar-refractivity contribution >= 4 is 31.9 Å². The van der Waals surface area contributed by atoms with Crippen LogP contribution in [0.1, 0.15) is 5.56 Å². The molecule has 0 amide bonds. The lowest BCUT2D eigenvalue weighted by Gasteiger charge is -2.13. The van der Waals surface area contributed by atoms with E-state index in [0.29, 0.717) is 5.52 Å². The molecule has 0 atom stereocenters. The Kier molecular flexibility index (Phi) is 5.13. The Bertz CT molecular complexity index is 1570. The maximum Gasteiger partial charge on any atom is 0.534 e. The molecule has 8 nitrogen and oxygen atoms in total. The van der Waals surface area contributed by atoms with Crippen molar-refractivity contribution in [1.29, 1.82) is 5.26 Å². The van der Waals surface area contributed by atoms with Gasteiger partial charge < -0.3 is 8.92 Å². The maximum absolute atomic E-state index is 14.7. The summed E-state index contributed by atoms with van der Waals surface area (Å²) < 4.78 is 87.2. The number of hydrogen-bond acceptors (Lipinski definition) is 7. The molecule has 2 aromatic carbocycles. The van der Waals surface area contributed by atoms with Gasteiger partial charge >= 0.3 is 15.6 Å². The standard InChI is InChI=1S/C20H12F4N4O4S/c1-28-15-9-26-14-7-16(31-2)17(32-33(29,30)20(22,23)24)6-12(14)18(15)19(27-28)11-4-3-10(8-25)5-13(11)21/h3-7,9H,1-2H3. The number of methoxy groups -OCH3 is 1. The Morgan fingerprint density at radius 3 is 2.48 bits per heavy atom. The van der Waals surface area contributed by atoms with E-state index < -0.39 is 27.2 Å². The van der Waals surface area contributed by atoms with Crippen molar-refractivity contribution in [2.45, 2.75) is 5.51 Å². The van der Waals surface area contributed by atoms with Crippen LogP contribution in [-0.2, 0) is 17.2 Å². The molecule has 0 aliphatic rings. The van der Waals surface area contributed by atoms with Crippen LogP contribution < -0.4 is 8.92 Å². The summed E-state index contributed by atoms with van der Waals surface area (Å²) in [5.41, 5.74) is -4.86. The van der Waals surface area contributed by atoms with E-state index in [2.05, 4.69) is 14.3 Å². The van der Waals surface area contributed by atoms with Gasteiger partial charge in [-0.2, -0.15) is 31.9 Å². The molecule has 33 heavy (non-hydrogen) atoms.